The number of benzene rings is 7. The van der Waals surface area contributed by atoms with Gasteiger partial charge in [-0.25, -0.2) is 0 Å². The van der Waals surface area contributed by atoms with Crippen LogP contribution in [0.1, 0.15) is 141 Å². The summed E-state index contributed by atoms with van der Waals surface area (Å²) in [4.78, 5) is 127. The minimum atomic E-state index is -2.36. The van der Waals surface area contributed by atoms with Crippen molar-refractivity contribution in [1.82, 2.24) is 47.4 Å². The van der Waals surface area contributed by atoms with Gasteiger partial charge in [0.1, 0.15) is 131 Å². The molecule has 38 nitrogen and oxygen atoms in total. The zero-order valence-electron chi connectivity index (χ0n) is 70.3. The molecule has 40 heteroatoms. The summed E-state index contributed by atoms with van der Waals surface area (Å²) >= 11 is 14.6. The highest BCUT2D eigenvalue weighted by molar-refractivity contribution is 6.32. The molecule has 8 aliphatic heterocycles. The molecule has 15 rings (SSSR count). The van der Waals surface area contributed by atoms with Gasteiger partial charge in [0.25, 0.3) is 0 Å². The van der Waals surface area contributed by atoms with Crippen LogP contribution in [0, 0.1) is 5.92 Å². The summed E-state index contributed by atoms with van der Waals surface area (Å²) in [7, 11) is 0. The van der Waals surface area contributed by atoms with E-state index in [0.29, 0.717) is 70.7 Å². The number of unbranched alkanes of at least 4 members (excludes halogenated alkanes) is 3. The summed E-state index contributed by atoms with van der Waals surface area (Å²) in [6, 6.07) is 7.19. The summed E-state index contributed by atoms with van der Waals surface area (Å²) in [5.41, 5.74) is 16.5. The Bertz CT molecular complexity index is 5280. The number of nitrogens with one attached hydrogen (secondary N) is 8. The highest BCUT2D eigenvalue weighted by Gasteiger charge is 2.50. The Kier molecular flexibility index (Phi) is 31.3. The van der Waals surface area contributed by atoms with Gasteiger partial charge in [0.2, 0.25) is 65.6 Å². The molecule has 0 saturated carbocycles. The van der Waals surface area contributed by atoms with Crippen molar-refractivity contribution in [2.24, 2.45) is 23.1 Å². The van der Waals surface area contributed by atoms with Gasteiger partial charge in [-0.2, -0.15) is 0 Å². The molecule has 17 atom stereocenters. The second kappa shape index (κ2) is 42.4. The third kappa shape index (κ3) is 22.5. The molecular weight excluding hydrogens is 1720 g/mol. The minimum Gasteiger partial charge on any atom is -0.508 e. The Balaban J connectivity index is 1.03. The highest BCUT2D eigenvalue weighted by atomic mass is 35.5. The van der Waals surface area contributed by atoms with Crippen LogP contribution in [0.4, 0.5) is 0 Å². The summed E-state index contributed by atoms with van der Waals surface area (Å²) in [6.07, 6.45) is -13.0. The van der Waals surface area contributed by atoms with Crippen molar-refractivity contribution in [2.75, 3.05) is 52.5 Å². The number of rotatable bonds is 25. The van der Waals surface area contributed by atoms with E-state index in [4.69, 9.17) is 73.6 Å². The van der Waals surface area contributed by atoms with E-state index in [0.717, 1.165) is 73.9 Å². The maximum Gasteiger partial charge on any atom is 0.248 e. The number of carbonyl (C=O) groups is 8. The molecule has 17 bridgehead atoms. The predicted molar refractivity (Wildman–Crippen MR) is 461 cm³/mol. The summed E-state index contributed by atoms with van der Waals surface area (Å²) in [5.74, 6) is -14.3. The lowest BCUT2D eigenvalue weighted by Gasteiger charge is -2.42. The van der Waals surface area contributed by atoms with E-state index in [1.54, 1.807) is 0 Å². The topological polar surface area (TPSA) is 601 Å². The van der Waals surface area contributed by atoms with Crippen LogP contribution in [-0.4, -0.2) is 234 Å². The van der Waals surface area contributed by atoms with E-state index < -0.39 is 240 Å². The Morgan fingerprint density at radius 1 is 0.519 bits per heavy atom. The van der Waals surface area contributed by atoms with E-state index in [-0.39, 0.29) is 79.4 Å². The number of ether oxygens (including phenoxy) is 7. The van der Waals surface area contributed by atoms with Gasteiger partial charge in [0, 0.05) is 49.1 Å². The van der Waals surface area contributed by atoms with Crippen LogP contribution >= 0.6 is 23.2 Å². The molecule has 0 spiro atoms. The van der Waals surface area contributed by atoms with E-state index in [1.165, 1.54) is 60.7 Å². The lowest BCUT2D eigenvalue weighted by Crippen LogP contribution is -2.65. The molecular formula is C89H106Cl2N12O26. The third-order valence-corrected chi connectivity index (χ3v) is 23.7. The van der Waals surface area contributed by atoms with Gasteiger partial charge in [0.15, 0.2) is 23.0 Å². The maximum absolute atomic E-state index is 16.8. The fourth-order valence-corrected chi connectivity index (χ4v) is 16.6. The van der Waals surface area contributed by atoms with Gasteiger partial charge >= 0.3 is 0 Å². The first-order valence-electron chi connectivity index (χ1n) is 42.5. The van der Waals surface area contributed by atoms with E-state index in [9.17, 15) is 65.8 Å². The lowest BCUT2D eigenvalue weighted by atomic mass is 9.89. The second-order valence-corrected chi connectivity index (χ2v) is 33.8. The SMILES string of the molecule is CC(C)CCCCCCC(=O)N[C@H]1[C@H](Oc2c3cc4cc2Oc2ccc(cc2Cl)C[C@H]2NC(=O)[C@H](N)c5ccc(O)c(c5)Oc5cc(O)cc(c5)[C@H](NC2=O)C(=O)N[C@H]4C(=O)N[C@H]2C(=O)N[C@@H](Cc4ccc(c(Cl)c4)O3)C(=O)N[C@H](C(=O)NCCCN(CCCN)CCCN)c3cc(O)cc(O[C@H]4O[C@H](CO)[C@@H](O)[C@H](O)[C@@H]4O)c3-c3cc2ccc3O)O[C@H](CO)[C@@H](O)[C@@H]1O. The first kappa shape index (κ1) is 95.2. The molecule has 2 fully saturated rings. The van der Waals surface area contributed by atoms with Gasteiger partial charge in [-0.15, -0.1) is 0 Å². The first-order chi connectivity index (χ1) is 61.8. The minimum absolute atomic E-state index is 0.0681. The second-order valence-electron chi connectivity index (χ2n) is 33.0. The van der Waals surface area contributed by atoms with Crippen molar-refractivity contribution in [1.29, 1.82) is 0 Å². The lowest BCUT2D eigenvalue weighted by molar-refractivity contribution is -0.277. The van der Waals surface area contributed by atoms with Gasteiger partial charge in [-0.1, -0.05) is 87.0 Å². The molecule has 0 aliphatic carbocycles. The molecule has 8 heterocycles. The quantitative estimate of drug-likeness (QED) is 0.0366. The average molecular weight is 1830 g/mol. The molecule has 25 N–H and O–H groups in total. The normalized spacial score (nSPS) is 25.2. The average Bonchev–Trinajstić information content (AvgIpc) is 0.760. The van der Waals surface area contributed by atoms with Gasteiger partial charge in [-0.3, -0.25) is 38.4 Å². The van der Waals surface area contributed by atoms with Crippen molar-refractivity contribution < 1.29 is 128 Å². The van der Waals surface area contributed by atoms with E-state index in [1.807, 2.05) is 0 Å². The molecule has 8 aliphatic rings. The molecule has 0 unspecified atom stereocenters. The number of phenols is 4. The summed E-state index contributed by atoms with van der Waals surface area (Å²) in [6.45, 7) is 4.62. The number of aliphatic hydroxyl groups is 7. The van der Waals surface area contributed by atoms with Crippen LogP contribution in [0.5, 0.6) is 69.0 Å². The zero-order chi connectivity index (χ0) is 92.3. The van der Waals surface area contributed by atoms with Crippen molar-refractivity contribution in [3.05, 3.63) is 164 Å². The van der Waals surface area contributed by atoms with E-state index in [2.05, 4.69) is 61.3 Å². The molecule has 7 aromatic rings. The van der Waals surface area contributed by atoms with Crippen LogP contribution in [0.2, 0.25) is 10.0 Å². The molecule has 0 aromatic heterocycles. The van der Waals surface area contributed by atoms with Gasteiger partial charge in [-0.05, 0) is 182 Å². The van der Waals surface area contributed by atoms with Gasteiger partial charge < -0.3 is 154 Å². The summed E-state index contributed by atoms with van der Waals surface area (Å²) in [5, 5.41) is 147. The highest BCUT2D eigenvalue weighted by Crippen LogP contribution is 2.50. The zero-order valence-corrected chi connectivity index (χ0v) is 71.8. The van der Waals surface area contributed by atoms with E-state index >= 15 is 28.8 Å². The van der Waals surface area contributed by atoms with Crippen molar-refractivity contribution >= 4 is 70.5 Å². The Hall–Kier alpha value is -11.4. The smallest absolute Gasteiger partial charge is 0.248 e. The number of fused-ring (bicyclic) bond motifs is 14. The maximum atomic E-state index is 16.8. The molecule has 129 heavy (non-hydrogen) atoms. The number of nitrogens with zero attached hydrogens (tertiary/aromatic N) is 1. The number of carbonyl (C=O) groups excluding carboxylic acids is 8. The van der Waals surface area contributed by atoms with Crippen LogP contribution < -0.4 is 83.4 Å². The van der Waals surface area contributed by atoms with Gasteiger partial charge in [0.05, 0.1) is 23.3 Å². The summed E-state index contributed by atoms with van der Waals surface area (Å²) < 4.78 is 45.0. The molecule has 7 aromatic carbocycles. The Morgan fingerprint density at radius 3 is 1.68 bits per heavy atom. The van der Waals surface area contributed by atoms with Crippen molar-refractivity contribution in [3.8, 4) is 80.1 Å². The number of hydrogen-bond donors (Lipinski definition) is 22. The first-order valence-corrected chi connectivity index (χ1v) is 43.2. The Morgan fingerprint density at radius 2 is 1.06 bits per heavy atom. The largest absolute Gasteiger partial charge is 0.508 e. The van der Waals surface area contributed by atoms with Crippen LogP contribution in [0.3, 0.4) is 0 Å². The number of aromatic hydroxyl groups is 4. The number of aliphatic hydroxyl groups excluding tert-OH is 7. The molecule has 8 amide bonds. The molecule has 2 saturated heterocycles. The van der Waals surface area contributed by atoms with Crippen molar-refractivity contribution in [2.45, 2.75) is 188 Å². The van der Waals surface area contributed by atoms with Crippen molar-refractivity contribution in [3.63, 3.8) is 0 Å². The van der Waals surface area contributed by atoms with Crippen LogP contribution in [0.15, 0.2) is 115 Å². The van der Waals surface area contributed by atoms with Crippen LogP contribution in [0.25, 0.3) is 11.1 Å². The van der Waals surface area contributed by atoms with Crippen LogP contribution in [-0.2, 0) is 60.7 Å². The standard InChI is InChI=1S/C89H106Cl2N12O26/c1-41(2)10-5-3-4-6-11-67(110)98-74-77(113)75(111)65(39-104)127-88(74)129-80-63-34-47-35-64(80)125-60-19-13-43(27-54(60)91)29-56-82(117)102-73(84(119)95-22-9-25-103(23-7-20-92)24-8-21-93)52-37-49(107)38-62(126-89-79(115)78(114)76(112)66(40-105)128-89)68(52)51-32-45(15-16-57(51)108)70(85(120)97-56)100-87(122)72(47)101-86(121)71-46-30-48(106)36-50(31-46)123-61-33-44(14-17-58(61)109)69(94)83(118)96-55(81(116)99-71)28-42-12-18-59(124-63)53(90)26-42/h12-19,26-27,30-38,41,55-56,65-66,69-79,88-89,104-109,111-115H,3-11,20-25,28-29,39-40,92-94H2,1-2H3,(H,95,119)(H,96,118)(H,97,120)(H,98,110)(H,99,116)(H,100,122)(H,101,121)(H,102,117)/t55-,56+,65-,66-,69-,70-,71+,72-,73+,74-,75-,76-,77-,78+,79+,88+,89+/m1/s1. The monoisotopic (exact) mass is 1830 g/mol. The third-order valence-electron chi connectivity index (χ3n) is 23.1. The fourth-order valence-electron chi connectivity index (χ4n) is 16.2. The number of amides is 8. The number of phenolic OH excluding ortho intramolecular Hbond substituents is 4. The number of nitrogens with two attached hydrogens (primary N) is 3. The molecule has 0 radical (unpaired) electrons. The fraction of sp³-hybridized carbons (Fsp3) is 0.438. The Labute approximate surface area is 749 Å². The predicted octanol–water partition coefficient (Wildman–Crippen LogP) is 2.98. The molecule has 692 valence electrons. The number of halogens is 2. The number of hydrogen-bond acceptors (Lipinski definition) is 30.